The van der Waals surface area contributed by atoms with Crippen LogP contribution in [-0.4, -0.2) is 43.2 Å². The second-order valence-corrected chi connectivity index (χ2v) is 9.24. The number of rotatable bonds is 6. The molecule has 0 rings (SSSR count). The van der Waals surface area contributed by atoms with Crippen molar-refractivity contribution >= 4 is 27.9 Å². The Morgan fingerprint density at radius 2 is 1.42 bits per heavy atom. The maximum atomic E-state index is 11.9. The molecule has 1 atom stereocenters. The van der Waals surface area contributed by atoms with Gasteiger partial charge in [-0.3, -0.25) is 9.59 Å². The van der Waals surface area contributed by atoms with E-state index >= 15 is 0 Å². The van der Waals surface area contributed by atoms with E-state index in [1.807, 2.05) is 0 Å². The van der Waals surface area contributed by atoms with Gasteiger partial charge in [0.15, 0.2) is 5.78 Å². The molecule has 0 aromatic carbocycles. The highest BCUT2D eigenvalue weighted by atomic mass is 32.2. The lowest BCUT2D eigenvalue weighted by Gasteiger charge is -2.21. The molecule has 1 N–H and O–H groups in total. The van der Waals surface area contributed by atoms with Crippen LogP contribution in [0.1, 0.15) is 54.9 Å². The van der Waals surface area contributed by atoms with Crippen molar-refractivity contribution in [3.63, 3.8) is 0 Å². The van der Waals surface area contributed by atoms with Crippen LogP contribution in [0.2, 0.25) is 0 Å². The summed E-state index contributed by atoms with van der Waals surface area (Å²) in [5.74, 6) is -3.07. The van der Waals surface area contributed by atoms with E-state index in [4.69, 9.17) is 9.47 Å². The van der Waals surface area contributed by atoms with Crippen LogP contribution in [0.3, 0.4) is 0 Å². The molecule has 0 aliphatic carbocycles. The molecule has 9 heteroatoms. The predicted octanol–water partition coefficient (Wildman–Crippen LogP) is 1.78. The Morgan fingerprint density at radius 1 is 0.958 bits per heavy atom. The smallest absolute Gasteiger partial charge is 0.421 e. The molecule has 0 heterocycles. The topological polar surface area (TPSA) is 116 Å². The van der Waals surface area contributed by atoms with Crippen LogP contribution in [0, 0.1) is 5.92 Å². The van der Waals surface area contributed by atoms with E-state index in [1.54, 1.807) is 46.3 Å². The third-order valence-electron chi connectivity index (χ3n) is 2.41. The number of amides is 1. The van der Waals surface area contributed by atoms with Gasteiger partial charge >= 0.3 is 12.1 Å². The van der Waals surface area contributed by atoms with Crippen LogP contribution in [0.4, 0.5) is 4.79 Å². The molecular weight excluding hydrogens is 338 g/mol. The summed E-state index contributed by atoms with van der Waals surface area (Å²) < 4.78 is 35.2. The molecule has 0 bridgehead atoms. The van der Waals surface area contributed by atoms with Gasteiger partial charge < -0.3 is 9.47 Å². The van der Waals surface area contributed by atoms with Crippen LogP contribution in [0.25, 0.3) is 0 Å². The van der Waals surface area contributed by atoms with Crippen LogP contribution < -0.4 is 4.72 Å². The van der Waals surface area contributed by atoms with Crippen LogP contribution in [-0.2, 0) is 29.1 Å². The van der Waals surface area contributed by atoms with Gasteiger partial charge in [0, 0.05) is 5.92 Å². The van der Waals surface area contributed by atoms with Crippen molar-refractivity contribution in [1.82, 2.24) is 4.72 Å². The number of ether oxygens (including phenoxy) is 2. The number of nitrogens with one attached hydrogen (secondary N) is 1. The van der Waals surface area contributed by atoms with Gasteiger partial charge in [-0.25, -0.2) is 17.9 Å². The second-order valence-electron chi connectivity index (χ2n) is 7.52. The molecule has 0 spiro atoms. The fourth-order valence-corrected chi connectivity index (χ4v) is 2.57. The van der Waals surface area contributed by atoms with Crippen molar-refractivity contribution in [2.24, 2.45) is 5.92 Å². The van der Waals surface area contributed by atoms with E-state index in [-0.39, 0.29) is 6.42 Å². The minimum atomic E-state index is -4.19. The highest BCUT2D eigenvalue weighted by Crippen LogP contribution is 2.13. The van der Waals surface area contributed by atoms with Gasteiger partial charge in [-0.05, 0) is 41.5 Å². The van der Waals surface area contributed by atoms with E-state index in [2.05, 4.69) is 0 Å². The van der Waals surface area contributed by atoms with Gasteiger partial charge in [0.1, 0.15) is 17.0 Å². The van der Waals surface area contributed by atoms with Gasteiger partial charge in [0.05, 0.1) is 6.42 Å². The minimum Gasteiger partial charge on any atom is -0.460 e. The van der Waals surface area contributed by atoms with Crippen molar-refractivity contribution in [3.8, 4) is 0 Å². The summed E-state index contributed by atoms with van der Waals surface area (Å²) in [4.78, 5) is 35.1. The summed E-state index contributed by atoms with van der Waals surface area (Å²) in [6.07, 6.45) is -1.40. The third-order valence-corrected chi connectivity index (χ3v) is 3.55. The quantitative estimate of drug-likeness (QED) is 0.713. The summed E-state index contributed by atoms with van der Waals surface area (Å²) >= 11 is 0. The molecule has 0 unspecified atom stereocenters. The van der Waals surface area contributed by atoms with Crippen LogP contribution in [0.15, 0.2) is 0 Å². The molecule has 140 valence electrons. The minimum absolute atomic E-state index is 0.238. The Labute approximate surface area is 143 Å². The molecule has 0 aliphatic heterocycles. The molecule has 0 aliphatic rings. The largest absolute Gasteiger partial charge is 0.460 e. The van der Waals surface area contributed by atoms with Crippen molar-refractivity contribution in [2.75, 3.05) is 5.75 Å². The summed E-state index contributed by atoms with van der Waals surface area (Å²) in [5, 5.41) is 0. The first-order valence-corrected chi connectivity index (χ1v) is 9.14. The van der Waals surface area contributed by atoms with Gasteiger partial charge in [0.2, 0.25) is 10.0 Å². The number of carbonyl (C=O) groups excluding carboxylic acids is 3. The number of sulfonamides is 1. The zero-order chi connectivity index (χ0) is 19.3. The number of carbonyl (C=O) groups is 3. The Balaban J connectivity index is 4.62. The normalized spacial score (nSPS) is 13.8. The monoisotopic (exact) mass is 365 g/mol. The van der Waals surface area contributed by atoms with Crippen molar-refractivity contribution in [3.05, 3.63) is 0 Å². The molecule has 0 fully saturated rings. The van der Waals surface area contributed by atoms with E-state index in [9.17, 15) is 22.8 Å². The standard InChI is InChI=1S/C15H27NO7S/c1-10(8-12(18)22-14(2,3)4)11(17)9-24(20,21)16-13(19)23-15(5,6)7/h10H,8-9H2,1-7H3,(H,16,19)/t10-/m1/s1. The van der Waals surface area contributed by atoms with Crippen LogP contribution in [0.5, 0.6) is 0 Å². The summed E-state index contributed by atoms with van der Waals surface area (Å²) in [5.41, 5.74) is -1.56. The zero-order valence-electron chi connectivity index (χ0n) is 15.3. The molecule has 0 saturated carbocycles. The lowest BCUT2D eigenvalue weighted by molar-refractivity contribution is -0.156. The highest BCUT2D eigenvalue weighted by Gasteiger charge is 2.28. The first-order valence-electron chi connectivity index (χ1n) is 7.49. The summed E-state index contributed by atoms with van der Waals surface area (Å²) in [7, 11) is -4.19. The Hall–Kier alpha value is -1.64. The van der Waals surface area contributed by atoms with E-state index in [1.165, 1.54) is 6.92 Å². The fraction of sp³-hybridized carbons (Fsp3) is 0.800. The molecule has 0 radical (unpaired) electrons. The number of esters is 1. The molecule has 0 saturated heterocycles. The Kier molecular flexibility index (Phi) is 7.41. The molecule has 0 aromatic rings. The van der Waals surface area contributed by atoms with Crippen LogP contribution >= 0.6 is 0 Å². The fourth-order valence-electron chi connectivity index (χ4n) is 1.54. The van der Waals surface area contributed by atoms with Gasteiger partial charge in [-0.1, -0.05) is 6.92 Å². The zero-order valence-corrected chi connectivity index (χ0v) is 16.1. The molecule has 8 nitrogen and oxygen atoms in total. The highest BCUT2D eigenvalue weighted by molar-refractivity contribution is 7.90. The number of Topliss-reactive ketones (excluding diaryl/α,β-unsaturated/α-hetero) is 1. The molecule has 1 amide bonds. The molecular formula is C15H27NO7S. The average Bonchev–Trinajstić information content (AvgIpc) is 2.20. The maximum absolute atomic E-state index is 11.9. The maximum Gasteiger partial charge on any atom is 0.421 e. The number of hydrogen-bond acceptors (Lipinski definition) is 7. The van der Waals surface area contributed by atoms with Crippen molar-refractivity contribution < 1.29 is 32.3 Å². The third kappa shape index (κ3) is 11.0. The lowest BCUT2D eigenvalue weighted by Crippen LogP contribution is -2.40. The average molecular weight is 365 g/mol. The summed E-state index contributed by atoms with van der Waals surface area (Å²) in [6.45, 7) is 11.2. The van der Waals surface area contributed by atoms with Gasteiger partial charge in [-0.15, -0.1) is 0 Å². The van der Waals surface area contributed by atoms with Crippen molar-refractivity contribution in [1.29, 1.82) is 0 Å². The predicted molar refractivity (Wildman–Crippen MR) is 87.8 cm³/mol. The first-order chi connectivity index (χ1) is 10.5. The first kappa shape index (κ1) is 22.4. The number of hydrogen-bond donors (Lipinski definition) is 1. The van der Waals surface area contributed by atoms with E-state index in [0.29, 0.717) is 0 Å². The van der Waals surface area contributed by atoms with E-state index < -0.39 is 50.7 Å². The second kappa shape index (κ2) is 7.96. The SMILES string of the molecule is C[C@H](CC(=O)OC(C)(C)C)C(=O)CS(=O)(=O)NC(=O)OC(C)(C)C. The van der Waals surface area contributed by atoms with Crippen molar-refractivity contribution in [2.45, 2.75) is 66.1 Å². The Morgan fingerprint density at radius 3 is 1.83 bits per heavy atom. The lowest BCUT2D eigenvalue weighted by atomic mass is 10.0. The Bertz CT molecular complexity index is 582. The molecule has 24 heavy (non-hydrogen) atoms. The van der Waals surface area contributed by atoms with Gasteiger partial charge in [-0.2, -0.15) is 0 Å². The van der Waals surface area contributed by atoms with E-state index in [0.717, 1.165) is 0 Å². The summed E-state index contributed by atoms with van der Waals surface area (Å²) in [6, 6.07) is 0. The van der Waals surface area contributed by atoms with Gasteiger partial charge in [0.25, 0.3) is 0 Å². The number of ketones is 1. The molecule has 0 aromatic heterocycles.